The zero-order valence-corrected chi connectivity index (χ0v) is 13.2. The van der Waals surface area contributed by atoms with Gasteiger partial charge >= 0.3 is 0 Å². The lowest BCUT2D eigenvalue weighted by atomic mass is 9.96. The summed E-state index contributed by atoms with van der Waals surface area (Å²) in [6, 6.07) is 11.7. The van der Waals surface area contributed by atoms with E-state index in [2.05, 4.69) is 36.5 Å². The van der Waals surface area contributed by atoms with Gasteiger partial charge in [0.15, 0.2) is 0 Å². The number of benzene rings is 1. The molecule has 22 heavy (non-hydrogen) atoms. The molecular weight excluding hydrogens is 276 g/mol. The number of amides is 1. The minimum atomic E-state index is -0.248. The first kappa shape index (κ1) is 16.0. The topological polar surface area (TPSA) is 54.6 Å². The van der Waals surface area contributed by atoms with Crippen LogP contribution in [-0.4, -0.2) is 12.1 Å². The average molecular weight is 298 g/mol. The van der Waals surface area contributed by atoms with Crippen molar-refractivity contribution in [2.45, 2.75) is 33.1 Å². The summed E-state index contributed by atoms with van der Waals surface area (Å²) < 4.78 is 5.10. The van der Waals surface area contributed by atoms with Gasteiger partial charge < -0.3 is 4.42 Å². The molecule has 1 heterocycles. The van der Waals surface area contributed by atoms with Gasteiger partial charge in [0.1, 0.15) is 5.76 Å². The van der Waals surface area contributed by atoms with Crippen molar-refractivity contribution in [2.75, 3.05) is 0 Å². The second-order valence-electron chi connectivity index (χ2n) is 5.81. The monoisotopic (exact) mass is 298 g/mol. The van der Waals surface area contributed by atoms with Gasteiger partial charge in [-0.3, -0.25) is 4.79 Å². The molecule has 0 aliphatic heterocycles. The zero-order chi connectivity index (χ0) is 15.9. The van der Waals surface area contributed by atoms with Crippen LogP contribution in [0.25, 0.3) is 0 Å². The Kier molecular flexibility index (Phi) is 5.53. The third-order valence-corrected chi connectivity index (χ3v) is 3.43. The lowest BCUT2D eigenvalue weighted by Gasteiger charge is -2.11. The molecule has 1 atom stereocenters. The number of nitrogens with zero attached hydrogens (tertiary/aromatic N) is 1. The van der Waals surface area contributed by atoms with E-state index in [0.29, 0.717) is 11.7 Å². The molecule has 1 aromatic heterocycles. The van der Waals surface area contributed by atoms with E-state index in [9.17, 15) is 4.79 Å². The Balaban J connectivity index is 1.92. The summed E-state index contributed by atoms with van der Waals surface area (Å²) in [6.45, 7) is 6.26. The molecule has 4 nitrogen and oxygen atoms in total. The highest BCUT2D eigenvalue weighted by atomic mass is 16.3. The largest absolute Gasteiger partial charge is 0.463 e. The molecule has 0 unspecified atom stereocenters. The van der Waals surface area contributed by atoms with Crippen molar-refractivity contribution < 1.29 is 9.21 Å². The maximum absolute atomic E-state index is 12.1. The van der Waals surface area contributed by atoms with Crippen LogP contribution in [0.3, 0.4) is 0 Å². The molecule has 0 aliphatic rings. The lowest BCUT2D eigenvalue weighted by molar-refractivity contribution is -0.122. The van der Waals surface area contributed by atoms with Crippen LogP contribution in [0.5, 0.6) is 0 Å². The fourth-order valence-electron chi connectivity index (χ4n) is 2.19. The summed E-state index contributed by atoms with van der Waals surface area (Å²) in [7, 11) is 0. The van der Waals surface area contributed by atoms with Crippen LogP contribution >= 0.6 is 0 Å². The van der Waals surface area contributed by atoms with Crippen molar-refractivity contribution in [1.82, 2.24) is 5.43 Å². The fourth-order valence-corrected chi connectivity index (χ4v) is 2.19. The Morgan fingerprint density at radius 3 is 2.55 bits per heavy atom. The molecule has 0 radical (unpaired) electrons. The van der Waals surface area contributed by atoms with Crippen molar-refractivity contribution in [3.8, 4) is 0 Å². The Hall–Kier alpha value is -2.36. The van der Waals surface area contributed by atoms with E-state index in [1.165, 1.54) is 11.8 Å². The van der Waals surface area contributed by atoms with Gasteiger partial charge in [-0.1, -0.05) is 38.1 Å². The number of rotatable bonds is 6. The van der Waals surface area contributed by atoms with Crippen LogP contribution < -0.4 is 5.43 Å². The van der Waals surface area contributed by atoms with E-state index in [1.807, 2.05) is 19.1 Å². The van der Waals surface area contributed by atoms with Gasteiger partial charge in [-0.25, -0.2) is 5.43 Å². The van der Waals surface area contributed by atoms with Crippen LogP contribution in [-0.2, 0) is 11.2 Å². The Bertz CT molecular complexity index is 613. The molecule has 2 rings (SSSR count). The van der Waals surface area contributed by atoms with Gasteiger partial charge in [-0.2, -0.15) is 5.10 Å². The third kappa shape index (κ3) is 4.58. The number of hydrazone groups is 1. The highest BCUT2D eigenvalue weighted by Gasteiger charge is 2.14. The summed E-state index contributed by atoms with van der Waals surface area (Å²) in [6.07, 6.45) is 4.09. The first-order valence-electron chi connectivity index (χ1n) is 7.51. The van der Waals surface area contributed by atoms with Crippen LogP contribution in [0.2, 0.25) is 0 Å². The van der Waals surface area contributed by atoms with Crippen LogP contribution in [0, 0.1) is 5.92 Å². The van der Waals surface area contributed by atoms with E-state index in [-0.39, 0.29) is 11.8 Å². The van der Waals surface area contributed by atoms with E-state index >= 15 is 0 Å². The summed E-state index contributed by atoms with van der Waals surface area (Å²) >= 11 is 0. The second kappa shape index (κ2) is 7.59. The summed E-state index contributed by atoms with van der Waals surface area (Å²) in [5.74, 6) is 0.842. The maximum Gasteiger partial charge on any atom is 0.247 e. The molecule has 0 saturated heterocycles. The molecule has 1 aromatic carbocycles. The molecule has 0 bridgehead atoms. The van der Waals surface area contributed by atoms with Crippen LogP contribution in [0.4, 0.5) is 0 Å². The second-order valence-corrected chi connectivity index (χ2v) is 5.81. The van der Waals surface area contributed by atoms with E-state index in [1.54, 1.807) is 18.4 Å². The minimum Gasteiger partial charge on any atom is -0.463 e. The molecule has 0 saturated carbocycles. The quantitative estimate of drug-likeness (QED) is 0.652. The van der Waals surface area contributed by atoms with Gasteiger partial charge in [0.25, 0.3) is 0 Å². The standard InChI is InChI=1S/C18H22N2O2/c1-13(2)11-15-6-8-16(9-7-15)14(3)18(21)20-19-12-17-5-4-10-22-17/h4-10,12-14H,11H2,1-3H3,(H,20,21)/b19-12+/t14-/m0/s1. The minimum absolute atomic E-state index is 0.139. The smallest absolute Gasteiger partial charge is 0.247 e. The van der Waals surface area contributed by atoms with Crippen molar-refractivity contribution in [2.24, 2.45) is 11.0 Å². The molecule has 116 valence electrons. The molecule has 1 N–H and O–H groups in total. The van der Waals surface area contributed by atoms with Crippen LogP contribution in [0.15, 0.2) is 52.2 Å². The third-order valence-electron chi connectivity index (χ3n) is 3.43. The highest BCUT2D eigenvalue weighted by Crippen LogP contribution is 2.17. The van der Waals surface area contributed by atoms with E-state index in [4.69, 9.17) is 4.42 Å². The lowest BCUT2D eigenvalue weighted by Crippen LogP contribution is -2.23. The number of hydrogen-bond acceptors (Lipinski definition) is 3. The first-order chi connectivity index (χ1) is 10.6. The molecule has 4 heteroatoms. The predicted octanol–water partition coefficient (Wildman–Crippen LogP) is 3.73. The van der Waals surface area contributed by atoms with Gasteiger partial charge in [0.2, 0.25) is 5.91 Å². The fraction of sp³-hybridized carbons (Fsp3) is 0.333. The molecule has 2 aromatic rings. The number of hydrogen-bond donors (Lipinski definition) is 1. The van der Waals surface area contributed by atoms with E-state index < -0.39 is 0 Å². The van der Waals surface area contributed by atoms with Gasteiger partial charge in [0, 0.05) is 0 Å². The zero-order valence-electron chi connectivity index (χ0n) is 13.2. The SMILES string of the molecule is CC(C)Cc1ccc([C@H](C)C(=O)N/N=C/c2ccco2)cc1. The van der Waals surface area contributed by atoms with E-state index in [0.717, 1.165) is 12.0 Å². The summed E-state index contributed by atoms with van der Waals surface area (Å²) in [4.78, 5) is 12.1. The summed E-state index contributed by atoms with van der Waals surface area (Å²) in [5, 5.41) is 3.90. The normalized spacial score (nSPS) is 12.7. The molecule has 0 fully saturated rings. The van der Waals surface area contributed by atoms with Crippen molar-refractivity contribution >= 4 is 12.1 Å². The highest BCUT2D eigenvalue weighted by molar-refractivity contribution is 5.84. The molecule has 1 amide bonds. The van der Waals surface area contributed by atoms with Gasteiger partial charge in [-0.05, 0) is 42.5 Å². The van der Waals surface area contributed by atoms with Gasteiger partial charge in [0.05, 0.1) is 18.4 Å². The van der Waals surface area contributed by atoms with Crippen LogP contribution in [0.1, 0.15) is 43.6 Å². The Morgan fingerprint density at radius 1 is 1.23 bits per heavy atom. The Morgan fingerprint density at radius 2 is 1.95 bits per heavy atom. The van der Waals surface area contributed by atoms with Crippen molar-refractivity contribution in [3.05, 3.63) is 59.5 Å². The molecule has 0 spiro atoms. The van der Waals surface area contributed by atoms with Crippen molar-refractivity contribution in [3.63, 3.8) is 0 Å². The first-order valence-corrected chi connectivity index (χ1v) is 7.51. The predicted molar refractivity (Wildman–Crippen MR) is 87.8 cm³/mol. The molecular formula is C18H22N2O2. The molecule has 0 aliphatic carbocycles. The Labute approximate surface area is 131 Å². The number of nitrogens with one attached hydrogen (secondary N) is 1. The van der Waals surface area contributed by atoms with Crippen molar-refractivity contribution in [1.29, 1.82) is 0 Å². The number of carbonyl (C=O) groups excluding carboxylic acids is 1. The maximum atomic E-state index is 12.1. The average Bonchev–Trinajstić information content (AvgIpc) is 3.00. The number of furan rings is 1. The number of carbonyl (C=O) groups is 1. The van der Waals surface area contributed by atoms with Gasteiger partial charge in [-0.15, -0.1) is 0 Å². The summed E-state index contributed by atoms with van der Waals surface area (Å²) in [5.41, 5.74) is 4.81.